The molecule has 0 aliphatic carbocycles. The minimum Gasteiger partial charge on any atom is -0.457 e. The van der Waals surface area contributed by atoms with Crippen molar-refractivity contribution in [3.8, 4) is 11.5 Å². The number of anilines is 1. The van der Waals surface area contributed by atoms with Crippen LogP contribution >= 0.6 is 0 Å². The van der Waals surface area contributed by atoms with Gasteiger partial charge in [0.15, 0.2) is 0 Å². The number of ether oxygens (including phenoxy) is 1. The van der Waals surface area contributed by atoms with E-state index in [1.165, 1.54) is 6.07 Å². The Bertz CT molecular complexity index is 494. The van der Waals surface area contributed by atoms with Gasteiger partial charge in [0.2, 0.25) is 0 Å². The summed E-state index contributed by atoms with van der Waals surface area (Å²) in [6.07, 6.45) is 0. The molecule has 0 radical (unpaired) electrons. The molecule has 0 unspecified atom stereocenters. The number of halogens is 1. The van der Waals surface area contributed by atoms with Gasteiger partial charge in [-0.15, -0.1) is 0 Å². The number of rotatable bonds is 2. The molecule has 0 aliphatic rings. The highest BCUT2D eigenvalue weighted by atomic mass is 19.1. The summed E-state index contributed by atoms with van der Waals surface area (Å²) in [4.78, 5) is 0. The molecule has 16 heavy (non-hydrogen) atoms. The first-order chi connectivity index (χ1) is 7.65. The van der Waals surface area contributed by atoms with E-state index in [1.54, 1.807) is 43.3 Å². The van der Waals surface area contributed by atoms with Crippen LogP contribution in [0.3, 0.4) is 0 Å². The van der Waals surface area contributed by atoms with Crippen molar-refractivity contribution in [3.63, 3.8) is 0 Å². The van der Waals surface area contributed by atoms with Gasteiger partial charge in [-0.25, -0.2) is 4.39 Å². The lowest BCUT2D eigenvalue weighted by molar-refractivity contribution is 0.480. The lowest BCUT2D eigenvalue weighted by Crippen LogP contribution is -1.88. The normalized spacial score (nSPS) is 10.1. The summed E-state index contributed by atoms with van der Waals surface area (Å²) in [5.74, 6) is 1.06. The van der Waals surface area contributed by atoms with Gasteiger partial charge in [-0.3, -0.25) is 0 Å². The van der Waals surface area contributed by atoms with E-state index in [-0.39, 0.29) is 5.82 Å². The van der Waals surface area contributed by atoms with Crippen LogP contribution in [-0.2, 0) is 0 Å². The molecule has 0 atom stereocenters. The average molecular weight is 217 g/mol. The number of nitrogens with two attached hydrogens (primary N) is 1. The fourth-order valence-corrected chi connectivity index (χ4v) is 1.35. The smallest absolute Gasteiger partial charge is 0.127 e. The Labute approximate surface area is 93.5 Å². The van der Waals surface area contributed by atoms with E-state index in [0.29, 0.717) is 22.7 Å². The van der Waals surface area contributed by atoms with E-state index in [0.717, 1.165) is 0 Å². The monoisotopic (exact) mass is 217 g/mol. The van der Waals surface area contributed by atoms with E-state index in [2.05, 4.69) is 0 Å². The molecule has 2 aromatic rings. The first-order valence-electron chi connectivity index (χ1n) is 4.95. The van der Waals surface area contributed by atoms with Crippen molar-refractivity contribution in [1.29, 1.82) is 0 Å². The topological polar surface area (TPSA) is 35.2 Å². The van der Waals surface area contributed by atoms with Crippen molar-refractivity contribution in [3.05, 3.63) is 53.8 Å². The van der Waals surface area contributed by atoms with Crippen LogP contribution in [0.5, 0.6) is 11.5 Å². The Kier molecular flexibility index (Phi) is 2.77. The van der Waals surface area contributed by atoms with E-state index in [4.69, 9.17) is 10.5 Å². The molecule has 0 saturated heterocycles. The fourth-order valence-electron chi connectivity index (χ4n) is 1.35. The van der Waals surface area contributed by atoms with Crippen LogP contribution < -0.4 is 10.5 Å². The van der Waals surface area contributed by atoms with E-state index >= 15 is 0 Å². The van der Waals surface area contributed by atoms with Crippen LogP contribution in [0.25, 0.3) is 0 Å². The molecule has 2 nitrogen and oxygen atoms in total. The molecule has 0 spiro atoms. The van der Waals surface area contributed by atoms with Crippen molar-refractivity contribution in [2.24, 2.45) is 0 Å². The summed E-state index contributed by atoms with van der Waals surface area (Å²) in [5, 5.41) is 0. The molecule has 0 bridgehead atoms. The minimum atomic E-state index is -0.232. The maximum absolute atomic E-state index is 13.0. The van der Waals surface area contributed by atoms with Crippen molar-refractivity contribution in [2.75, 3.05) is 5.73 Å². The van der Waals surface area contributed by atoms with Crippen LogP contribution in [0.4, 0.5) is 10.1 Å². The summed E-state index contributed by atoms with van der Waals surface area (Å²) in [6, 6.07) is 11.7. The zero-order valence-corrected chi connectivity index (χ0v) is 8.91. The lowest BCUT2D eigenvalue weighted by Gasteiger charge is -2.06. The zero-order valence-electron chi connectivity index (χ0n) is 8.91. The molecule has 0 amide bonds. The van der Waals surface area contributed by atoms with Crippen molar-refractivity contribution in [1.82, 2.24) is 0 Å². The van der Waals surface area contributed by atoms with Gasteiger partial charge in [0.05, 0.1) is 0 Å². The quantitative estimate of drug-likeness (QED) is 0.781. The standard InChI is InChI=1S/C13H12FNO/c1-9-8-12(6-7-13(9)14)16-11-4-2-10(15)3-5-11/h2-8H,15H2,1H3. The van der Waals surface area contributed by atoms with Gasteiger partial charge in [-0.05, 0) is 55.0 Å². The van der Waals surface area contributed by atoms with Crippen molar-refractivity contribution >= 4 is 5.69 Å². The third-order valence-corrected chi connectivity index (χ3v) is 2.25. The lowest BCUT2D eigenvalue weighted by atomic mass is 10.2. The van der Waals surface area contributed by atoms with Crippen LogP contribution in [0, 0.1) is 12.7 Å². The first kappa shape index (κ1) is 10.5. The van der Waals surface area contributed by atoms with Crippen LogP contribution in [-0.4, -0.2) is 0 Å². The predicted octanol–water partition coefficient (Wildman–Crippen LogP) is 3.51. The highest BCUT2D eigenvalue weighted by Gasteiger charge is 2.01. The Morgan fingerprint density at radius 3 is 2.25 bits per heavy atom. The number of benzene rings is 2. The molecule has 0 fully saturated rings. The van der Waals surface area contributed by atoms with Crippen molar-refractivity contribution in [2.45, 2.75) is 6.92 Å². The number of hydrogen-bond donors (Lipinski definition) is 1. The highest BCUT2D eigenvalue weighted by molar-refractivity contribution is 5.43. The van der Waals surface area contributed by atoms with Gasteiger partial charge >= 0.3 is 0 Å². The maximum Gasteiger partial charge on any atom is 0.127 e. The van der Waals surface area contributed by atoms with Crippen molar-refractivity contribution < 1.29 is 9.13 Å². The molecule has 0 saturated carbocycles. The third-order valence-electron chi connectivity index (χ3n) is 2.25. The second-order valence-corrected chi connectivity index (χ2v) is 3.58. The molecule has 0 aliphatic heterocycles. The molecule has 3 heteroatoms. The van der Waals surface area contributed by atoms with Gasteiger partial charge in [-0.1, -0.05) is 0 Å². The van der Waals surface area contributed by atoms with E-state index < -0.39 is 0 Å². The van der Waals surface area contributed by atoms with Gasteiger partial charge in [-0.2, -0.15) is 0 Å². The van der Waals surface area contributed by atoms with Crippen LogP contribution in [0.15, 0.2) is 42.5 Å². The molecule has 2 aromatic carbocycles. The summed E-state index contributed by atoms with van der Waals surface area (Å²) in [6.45, 7) is 1.70. The van der Waals surface area contributed by atoms with Crippen LogP contribution in [0.1, 0.15) is 5.56 Å². The second kappa shape index (κ2) is 4.23. The molecular weight excluding hydrogens is 205 g/mol. The van der Waals surface area contributed by atoms with Gasteiger partial charge in [0.1, 0.15) is 17.3 Å². The summed E-state index contributed by atoms with van der Waals surface area (Å²) >= 11 is 0. The first-order valence-corrected chi connectivity index (χ1v) is 4.95. The number of hydrogen-bond acceptors (Lipinski definition) is 2. The maximum atomic E-state index is 13.0. The molecule has 82 valence electrons. The Morgan fingerprint density at radius 1 is 1.00 bits per heavy atom. The Hall–Kier alpha value is -2.03. The molecule has 2 N–H and O–H groups in total. The van der Waals surface area contributed by atoms with E-state index in [9.17, 15) is 4.39 Å². The number of aryl methyl sites for hydroxylation is 1. The summed E-state index contributed by atoms with van der Waals surface area (Å²) < 4.78 is 18.6. The molecule has 0 heterocycles. The van der Waals surface area contributed by atoms with Gasteiger partial charge < -0.3 is 10.5 Å². The van der Waals surface area contributed by atoms with E-state index in [1.807, 2.05) is 0 Å². The fraction of sp³-hybridized carbons (Fsp3) is 0.0769. The molecular formula is C13H12FNO. The predicted molar refractivity (Wildman–Crippen MR) is 62.1 cm³/mol. The third kappa shape index (κ3) is 2.31. The van der Waals surface area contributed by atoms with Gasteiger partial charge in [0, 0.05) is 5.69 Å². The SMILES string of the molecule is Cc1cc(Oc2ccc(N)cc2)ccc1F. The Morgan fingerprint density at radius 2 is 1.62 bits per heavy atom. The average Bonchev–Trinajstić information content (AvgIpc) is 2.27. The second-order valence-electron chi connectivity index (χ2n) is 3.58. The minimum absolute atomic E-state index is 0.232. The Balaban J connectivity index is 2.20. The zero-order chi connectivity index (χ0) is 11.5. The number of nitrogen functional groups attached to an aromatic ring is 1. The highest BCUT2D eigenvalue weighted by Crippen LogP contribution is 2.23. The largest absolute Gasteiger partial charge is 0.457 e. The van der Waals surface area contributed by atoms with Crippen LogP contribution in [0.2, 0.25) is 0 Å². The molecule has 2 rings (SSSR count). The summed E-state index contributed by atoms with van der Waals surface area (Å²) in [5.41, 5.74) is 6.80. The van der Waals surface area contributed by atoms with Gasteiger partial charge in [0.25, 0.3) is 0 Å². The molecule has 0 aromatic heterocycles. The summed E-state index contributed by atoms with van der Waals surface area (Å²) in [7, 11) is 0.